The summed E-state index contributed by atoms with van der Waals surface area (Å²) in [4.78, 5) is 5.44. The summed E-state index contributed by atoms with van der Waals surface area (Å²) in [5.41, 5.74) is 0. The summed E-state index contributed by atoms with van der Waals surface area (Å²) in [5, 5.41) is 3.53. The molecule has 104 valence electrons. The van der Waals surface area contributed by atoms with Crippen molar-refractivity contribution in [3.63, 3.8) is 0 Å². The van der Waals surface area contributed by atoms with Crippen molar-refractivity contribution >= 4 is 0 Å². The zero-order chi connectivity index (χ0) is 12.2. The minimum atomic E-state index is 0.948. The summed E-state index contributed by atoms with van der Waals surface area (Å²) in [6, 6.07) is 0.953. The molecule has 0 spiro atoms. The third-order valence-electron chi connectivity index (χ3n) is 5.25. The van der Waals surface area contributed by atoms with Crippen LogP contribution in [0.25, 0.3) is 0 Å². The summed E-state index contributed by atoms with van der Waals surface area (Å²) in [7, 11) is 0. The van der Waals surface area contributed by atoms with Gasteiger partial charge in [0.1, 0.15) is 0 Å². The van der Waals surface area contributed by atoms with Gasteiger partial charge in [0.15, 0.2) is 0 Å². The number of nitrogens with zero attached hydrogens (tertiary/aromatic N) is 2. The van der Waals surface area contributed by atoms with Crippen molar-refractivity contribution < 1.29 is 0 Å². The van der Waals surface area contributed by atoms with Crippen LogP contribution in [0.15, 0.2) is 0 Å². The summed E-state index contributed by atoms with van der Waals surface area (Å²) in [6.07, 6.45) is 8.66. The quantitative estimate of drug-likeness (QED) is 0.818. The van der Waals surface area contributed by atoms with Gasteiger partial charge in [-0.05, 0) is 57.7 Å². The van der Waals surface area contributed by atoms with Gasteiger partial charge in [0.25, 0.3) is 0 Å². The van der Waals surface area contributed by atoms with Crippen molar-refractivity contribution in [3.05, 3.63) is 0 Å². The van der Waals surface area contributed by atoms with E-state index in [1.807, 2.05) is 0 Å². The number of hydrogen-bond donors (Lipinski definition) is 1. The van der Waals surface area contributed by atoms with Crippen molar-refractivity contribution in [2.75, 3.05) is 45.8 Å². The maximum Gasteiger partial charge on any atom is 0.0113 e. The monoisotopic (exact) mass is 251 g/mol. The Labute approximate surface area is 112 Å². The molecule has 0 aromatic carbocycles. The molecular weight excluding hydrogens is 222 g/mol. The number of hydrogen-bond acceptors (Lipinski definition) is 3. The topological polar surface area (TPSA) is 18.5 Å². The molecule has 0 bridgehead atoms. The Kier molecular flexibility index (Phi) is 4.55. The normalized spacial score (nSPS) is 32.3. The number of piperazine rings is 1. The Morgan fingerprint density at radius 3 is 2.39 bits per heavy atom. The molecule has 3 rings (SSSR count). The highest BCUT2D eigenvalue weighted by Gasteiger charge is 2.27. The second-order valence-electron chi connectivity index (χ2n) is 6.46. The van der Waals surface area contributed by atoms with Crippen LogP contribution in [0, 0.1) is 5.92 Å². The highest BCUT2D eigenvalue weighted by Crippen LogP contribution is 2.25. The van der Waals surface area contributed by atoms with Gasteiger partial charge >= 0.3 is 0 Å². The van der Waals surface area contributed by atoms with Gasteiger partial charge in [0.05, 0.1) is 0 Å². The van der Waals surface area contributed by atoms with Crippen molar-refractivity contribution in [2.45, 2.75) is 44.6 Å². The predicted octanol–water partition coefficient (Wildman–Crippen LogP) is 1.55. The lowest BCUT2D eigenvalue weighted by atomic mass is 9.91. The maximum absolute atomic E-state index is 3.53. The van der Waals surface area contributed by atoms with Crippen LogP contribution in [-0.2, 0) is 0 Å². The molecule has 1 saturated carbocycles. The SMILES string of the molecule is C1CNCC(CCN2CCN(C3CCC3)CC2)C1. The molecular formula is C15H29N3. The summed E-state index contributed by atoms with van der Waals surface area (Å²) in [5.74, 6) is 0.948. The Morgan fingerprint density at radius 2 is 1.78 bits per heavy atom. The van der Waals surface area contributed by atoms with E-state index >= 15 is 0 Å². The average molecular weight is 251 g/mol. The molecule has 3 heteroatoms. The summed E-state index contributed by atoms with van der Waals surface area (Å²) < 4.78 is 0. The van der Waals surface area contributed by atoms with Crippen LogP contribution < -0.4 is 5.32 Å². The molecule has 3 nitrogen and oxygen atoms in total. The van der Waals surface area contributed by atoms with Crippen LogP contribution in [0.2, 0.25) is 0 Å². The lowest BCUT2D eigenvalue weighted by Gasteiger charge is -2.43. The van der Waals surface area contributed by atoms with Gasteiger partial charge in [-0.1, -0.05) is 6.42 Å². The van der Waals surface area contributed by atoms with E-state index in [0.717, 1.165) is 12.0 Å². The van der Waals surface area contributed by atoms with Crippen molar-refractivity contribution in [2.24, 2.45) is 5.92 Å². The van der Waals surface area contributed by atoms with Gasteiger partial charge in [-0.15, -0.1) is 0 Å². The predicted molar refractivity (Wildman–Crippen MR) is 75.9 cm³/mol. The molecule has 0 amide bonds. The van der Waals surface area contributed by atoms with Gasteiger partial charge in [-0.3, -0.25) is 4.90 Å². The van der Waals surface area contributed by atoms with Gasteiger partial charge < -0.3 is 10.2 Å². The first-order valence-electron chi connectivity index (χ1n) is 8.09. The maximum atomic E-state index is 3.53. The first kappa shape index (κ1) is 12.9. The Hall–Kier alpha value is -0.120. The van der Waals surface area contributed by atoms with Gasteiger partial charge in [0, 0.05) is 32.2 Å². The first-order valence-corrected chi connectivity index (χ1v) is 8.09. The van der Waals surface area contributed by atoms with Crippen LogP contribution in [0.1, 0.15) is 38.5 Å². The number of nitrogens with one attached hydrogen (secondary N) is 1. The van der Waals surface area contributed by atoms with E-state index in [1.54, 1.807) is 0 Å². The number of piperidine rings is 1. The molecule has 0 aromatic heterocycles. The van der Waals surface area contributed by atoms with E-state index in [4.69, 9.17) is 0 Å². The zero-order valence-electron chi connectivity index (χ0n) is 11.7. The second-order valence-corrected chi connectivity index (χ2v) is 6.46. The third-order valence-corrected chi connectivity index (χ3v) is 5.25. The fourth-order valence-electron chi connectivity index (χ4n) is 3.64. The molecule has 3 aliphatic rings. The Morgan fingerprint density at radius 1 is 0.944 bits per heavy atom. The summed E-state index contributed by atoms with van der Waals surface area (Å²) >= 11 is 0. The van der Waals surface area contributed by atoms with Gasteiger partial charge in [0.2, 0.25) is 0 Å². The molecule has 1 aliphatic carbocycles. The molecule has 2 aliphatic heterocycles. The molecule has 1 atom stereocenters. The van der Waals surface area contributed by atoms with Crippen LogP contribution in [0.3, 0.4) is 0 Å². The Bertz CT molecular complexity index is 238. The minimum absolute atomic E-state index is 0.948. The second kappa shape index (κ2) is 6.36. The van der Waals surface area contributed by atoms with E-state index in [9.17, 15) is 0 Å². The van der Waals surface area contributed by atoms with E-state index in [-0.39, 0.29) is 0 Å². The van der Waals surface area contributed by atoms with Gasteiger partial charge in [-0.2, -0.15) is 0 Å². The van der Waals surface area contributed by atoms with E-state index in [2.05, 4.69) is 15.1 Å². The lowest BCUT2D eigenvalue weighted by Crippen LogP contribution is -2.52. The van der Waals surface area contributed by atoms with E-state index in [1.165, 1.54) is 84.3 Å². The molecule has 18 heavy (non-hydrogen) atoms. The van der Waals surface area contributed by atoms with Crippen LogP contribution in [0.5, 0.6) is 0 Å². The molecule has 2 saturated heterocycles. The molecule has 1 N–H and O–H groups in total. The fourth-order valence-corrected chi connectivity index (χ4v) is 3.64. The molecule has 0 radical (unpaired) electrons. The standard InChI is InChI=1S/C15H29N3/c1-4-15(5-1)18-11-9-17(10-12-18)8-6-14-3-2-7-16-13-14/h14-16H,1-13H2. The first-order chi connectivity index (χ1) is 8.92. The molecule has 0 aromatic rings. The largest absolute Gasteiger partial charge is 0.316 e. The van der Waals surface area contributed by atoms with Crippen LogP contribution in [-0.4, -0.2) is 61.7 Å². The van der Waals surface area contributed by atoms with E-state index < -0.39 is 0 Å². The van der Waals surface area contributed by atoms with E-state index in [0.29, 0.717) is 0 Å². The van der Waals surface area contributed by atoms with Crippen molar-refractivity contribution in [1.29, 1.82) is 0 Å². The zero-order valence-corrected chi connectivity index (χ0v) is 11.7. The third kappa shape index (κ3) is 3.25. The smallest absolute Gasteiger partial charge is 0.0113 e. The average Bonchev–Trinajstić information content (AvgIpc) is 2.37. The Balaban J connectivity index is 1.32. The van der Waals surface area contributed by atoms with Crippen molar-refractivity contribution in [3.8, 4) is 0 Å². The molecule has 1 unspecified atom stereocenters. The fraction of sp³-hybridized carbons (Fsp3) is 1.00. The highest BCUT2D eigenvalue weighted by molar-refractivity contribution is 4.84. The summed E-state index contributed by atoms with van der Waals surface area (Å²) in [6.45, 7) is 9.14. The van der Waals surface area contributed by atoms with Crippen LogP contribution >= 0.6 is 0 Å². The van der Waals surface area contributed by atoms with Crippen molar-refractivity contribution in [1.82, 2.24) is 15.1 Å². The molecule has 3 fully saturated rings. The van der Waals surface area contributed by atoms with Crippen LogP contribution in [0.4, 0.5) is 0 Å². The lowest BCUT2D eigenvalue weighted by molar-refractivity contribution is 0.0589. The van der Waals surface area contributed by atoms with Gasteiger partial charge in [-0.25, -0.2) is 0 Å². The highest BCUT2D eigenvalue weighted by atomic mass is 15.3. The number of rotatable bonds is 4. The minimum Gasteiger partial charge on any atom is -0.316 e. The molecule has 2 heterocycles.